The van der Waals surface area contributed by atoms with E-state index in [1.165, 1.54) is 0 Å². The highest BCUT2D eigenvalue weighted by Crippen LogP contribution is 2.42. The maximum Gasteiger partial charge on any atom is 0.417 e. The Morgan fingerprint density at radius 1 is 1.16 bits per heavy atom. The largest absolute Gasteiger partial charge is 0.465 e. The SMILES string of the molecule is CN1C(=O)C(C)(C)c2cc(-c3csc(Nc4ncc(C(F)(F)F)cc4N(CC(C)(C)C)C(=O)O)n3)ncc21. The molecule has 13 heteroatoms. The molecule has 4 rings (SSSR count). The molecule has 0 aromatic carbocycles. The number of pyridine rings is 2. The average Bonchev–Trinajstić information content (AvgIpc) is 3.34. The molecule has 3 aromatic heterocycles. The van der Waals surface area contributed by atoms with Crippen molar-refractivity contribution >= 4 is 45.7 Å². The van der Waals surface area contributed by atoms with Crippen LogP contribution >= 0.6 is 11.3 Å². The van der Waals surface area contributed by atoms with Gasteiger partial charge in [0.05, 0.1) is 34.2 Å². The Labute approximate surface area is 221 Å². The zero-order valence-electron chi connectivity index (χ0n) is 21.6. The lowest BCUT2D eigenvalue weighted by molar-refractivity contribution is -0.137. The minimum absolute atomic E-state index is 0.0498. The van der Waals surface area contributed by atoms with Gasteiger partial charge in [0.15, 0.2) is 10.9 Å². The first-order chi connectivity index (χ1) is 17.5. The smallest absolute Gasteiger partial charge is 0.417 e. The van der Waals surface area contributed by atoms with E-state index in [9.17, 15) is 27.9 Å². The molecule has 0 fully saturated rings. The minimum Gasteiger partial charge on any atom is -0.465 e. The third-order valence-corrected chi connectivity index (χ3v) is 6.86. The molecule has 0 saturated carbocycles. The lowest BCUT2D eigenvalue weighted by Crippen LogP contribution is -2.37. The summed E-state index contributed by atoms with van der Waals surface area (Å²) in [7, 11) is 1.69. The van der Waals surface area contributed by atoms with E-state index in [1.54, 1.807) is 50.4 Å². The summed E-state index contributed by atoms with van der Waals surface area (Å²) in [5.74, 6) is -0.132. The summed E-state index contributed by atoms with van der Waals surface area (Å²) in [5, 5.41) is 14.7. The van der Waals surface area contributed by atoms with E-state index in [1.807, 2.05) is 13.8 Å². The summed E-state index contributed by atoms with van der Waals surface area (Å²) < 4.78 is 40.3. The van der Waals surface area contributed by atoms with Gasteiger partial charge in [-0.2, -0.15) is 13.2 Å². The van der Waals surface area contributed by atoms with E-state index in [4.69, 9.17) is 0 Å². The lowest BCUT2D eigenvalue weighted by atomic mass is 9.86. The Morgan fingerprint density at radius 3 is 2.45 bits per heavy atom. The number of rotatable bonds is 5. The number of carbonyl (C=O) groups is 2. The second kappa shape index (κ2) is 9.22. The minimum atomic E-state index is -4.71. The number of carbonyl (C=O) groups excluding carboxylic acids is 1. The maximum atomic E-state index is 13.4. The molecule has 4 heterocycles. The molecule has 0 saturated heterocycles. The van der Waals surface area contributed by atoms with Crippen molar-refractivity contribution in [2.75, 3.05) is 28.7 Å². The summed E-state index contributed by atoms with van der Waals surface area (Å²) in [6.45, 7) is 8.94. The molecule has 0 unspecified atom stereocenters. The van der Waals surface area contributed by atoms with Crippen LogP contribution < -0.4 is 15.1 Å². The number of amides is 2. The van der Waals surface area contributed by atoms with Crippen LogP contribution in [0.25, 0.3) is 11.4 Å². The first kappa shape index (κ1) is 27.3. The van der Waals surface area contributed by atoms with Crippen LogP contribution in [0, 0.1) is 5.41 Å². The molecular formula is C25H27F3N6O3S. The van der Waals surface area contributed by atoms with Crippen LogP contribution in [0.15, 0.2) is 29.9 Å². The molecule has 9 nitrogen and oxygen atoms in total. The summed E-state index contributed by atoms with van der Waals surface area (Å²) >= 11 is 1.16. The Balaban J connectivity index is 1.70. The van der Waals surface area contributed by atoms with E-state index < -0.39 is 28.7 Å². The monoisotopic (exact) mass is 548 g/mol. The van der Waals surface area contributed by atoms with E-state index in [-0.39, 0.29) is 29.1 Å². The second-order valence-electron chi connectivity index (χ2n) is 10.8. The summed E-state index contributed by atoms with van der Waals surface area (Å²) in [5.41, 5.74) is -0.0556. The third-order valence-electron chi connectivity index (χ3n) is 6.10. The Kier molecular flexibility index (Phi) is 6.63. The predicted octanol–water partition coefficient (Wildman–Crippen LogP) is 6.15. The van der Waals surface area contributed by atoms with Crippen molar-refractivity contribution in [1.82, 2.24) is 15.0 Å². The van der Waals surface area contributed by atoms with Gasteiger partial charge in [0.1, 0.15) is 5.69 Å². The molecule has 2 N–H and O–H groups in total. The lowest BCUT2D eigenvalue weighted by Gasteiger charge is -2.29. The van der Waals surface area contributed by atoms with Gasteiger partial charge in [-0.1, -0.05) is 20.8 Å². The molecule has 3 aromatic rings. The van der Waals surface area contributed by atoms with Crippen molar-refractivity contribution in [2.45, 2.75) is 46.2 Å². The number of aromatic nitrogens is 3. The van der Waals surface area contributed by atoms with Crippen LogP contribution in [0.1, 0.15) is 45.7 Å². The fraction of sp³-hybridized carbons (Fsp3) is 0.400. The van der Waals surface area contributed by atoms with Gasteiger partial charge in [0, 0.05) is 25.2 Å². The highest BCUT2D eigenvalue weighted by atomic mass is 32.1. The van der Waals surface area contributed by atoms with Crippen molar-refractivity contribution in [2.24, 2.45) is 5.41 Å². The van der Waals surface area contributed by atoms with Gasteiger partial charge in [-0.3, -0.25) is 14.7 Å². The van der Waals surface area contributed by atoms with Gasteiger partial charge in [-0.05, 0) is 37.0 Å². The number of nitrogens with zero attached hydrogens (tertiary/aromatic N) is 5. The number of hydrogen-bond donors (Lipinski definition) is 2. The fourth-order valence-corrected chi connectivity index (χ4v) is 4.89. The fourth-order valence-electron chi connectivity index (χ4n) is 4.19. The number of anilines is 4. The maximum absolute atomic E-state index is 13.4. The quantitative estimate of drug-likeness (QED) is 0.394. The number of hydrogen-bond acceptors (Lipinski definition) is 7. The van der Waals surface area contributed by atoms with Crippen molar-refractivity contribution in [3.05, 3.63) is 41.0 Å². The first-order valence-electron chi connectivity index (χ1n) is 11.6. The van der Waals surface area contributed by atoms with E-state index >= 15 is 0 Å². The molecule has 0 aliphatic carbocycles. The summed E-state index contributed by atoms with van der Waals surface area (Å²) in [6.07, 6.45) is -3.86. The zero-order valence-corrected chi connectivity index (χ0v) is 22.5. The van der Waals surface area contributed by atoms with Crippen LogP contribution in [-0.4, -0.2) is 45.7 Å². The molecule has 2 amide bonds. The number of fused-ring (bicyclic) bond motifs is 1. The van der Waals surface area contributed by atoms with Crippen molar-refractivity contribution in [3.63, 3.8) is 0 Å². The summed E-state index contributed by atoms with van der Waals surface area (Å²) in [6, 6.07) is 2.56. The number of alkyl halides is 3. The molecule has 1 aliphatic rings. The van der Waals surface area contributed by atoms with Gasteiger partial charge >= 0.3 is 12.3 Å². The normalized spacial score (nSPS) is 15.0. The van der Waals surface area contributed by atoms with Crippen LogP contribution in [0.5, 0.6) is 0 Å². The molecule has 0 atom stereocenters. The molecule has 1 aliphatic heterocycles. The number of likely N-dealkylation sites (N-methyl/N-ethyl adjacent to an activating group) is 1. The molecule has 0 spiro atoms. The predicted molar refractivity (Wildman–Crippen MR) is 139 cm³/mol. The molecule has 0 bridgehead atoms. The van der Waals surface area contributed by atoms with E-state index in [0.717, 1.165) is 27.9 Å². The van der Waals surface area contributed by atoms with Crippen molar-refractivity contribution in [1.29, 1.82) is 0 Å². The zero-order chi connectivity index (χ0) is 28.2. The summed E-state index contributed by atoms with van der Waals surface area (Å²) in [4.78, 5) is 39.9. The standard InChI is InChI=1S/C25H27F3N6O3S/c1-23(2,3)12-34(22(36)37)17-7-13(25(26,27)28)9-30-19(17)32-21-31-16(11-38-21)15-8-14-18(10-29-15)33(6)20(35)24(14,4)5/h7-11H,12H2,1-6H3,(H,36,37)(H,30,31,32). The van der Waals surface area contributed by atoms with Crippen LogP contribution in [0.3, 0.4) is 0 Å². The topological polar surface area (TPSA) is 112 Å². The van der Waals surface area contributed by atoms with Gasteiger partial charge in [-0.15, -0.1) is 11.3 Å². The molecular weight excluding hydrogens is 521 g/mol. The number of halogens is 3. The number of nitrogens with one attached hydrogen (secondary N) is 1. The van der Waals surface area contributed by atoms with Crippen molar-refractivity contribution < 1.29 is 27.9 Å². The second-order valence-corrected chi connectivity index (χ2v) is 11.6. The Bertz CT molecular complexity index is 1410. The van der Waals surface area contributed by atoms with Crippen LogP contribution in [-0.2, 0) is 16.4 Å². The number of carboxylic acid groups (broad SMARTS) is 1. The average molecular weight is 549 g/mol. The van der Waals surface area contributed by atoms with Crippen LogP contribution in [0.2, 0.25) is 0 Å². The van der Waals surface area contributed by atoms with Crippen molar-refractivity contribution in [3.8, 4) is 11.4 Å². The van der Waals surface area contributed by atoms with E-state index in [2.05, 4.69) is 20.3 Å². The van der Waals surface area contributed by atoms with Gasteiger partial charge < -0.3 is 15.3 Å². The Morgan fingerprint density at radius 2 is 1.84 bits per heavy atom. The third kappa shape index (κ3) is 5.15. The van der Waals surface area contributed by atoms with Gasteiger partial charge in [-0.25, -0.2) is 14.8 Å². The molecule has 38 heavy (non-hydrogen) atoms. The molecule has 202 valence electrons. The number of thiazole rings is 1. The Hall–Kier alpha value is -3.74. The highest BCUT2D eigenvalue weighted by molar-refractivity contribution is 7.14. The van der Waals surface area contributed by atoms with Gasteiger partial charge in [0.2, 0.25) is 5.91 Å². The first-order valence-corrected chi connectivity index (χ1v) is 12.5. The highest BCUT2D eigenvalue weighted by Gasteiger charge is 2.42. The van der Waals surface area contributed by atoms with Crippen LogP contribution in [0.4, 0.5) is 40.3 Å². The van der Waals surface area contributed by atoms with E-state index in [0.29, 0.717) is 23.3 Å². The molecule has 0 radical (unpaired) electrons. The van der Waals surface area contributed by atoms with Gasteiger partial charge in [0.25, 0.3) is 0 Å².